The molecule has 1 atom stereocenters. The van der Waals surface area contributed by atoms with Crippen molar-refractivity contribution in [2.24, 2.45) is 0 Å². The van der Waals surface area contributed by atoms with Gasteiger partial charge in [0.25, 0.3) is 5.92 Å². The molecule has 3 N–H and O–H groups in total. The van der Waals surface area contributed by atoms with Gasteiger partial charge in [-0.2, -0.15) is 0 Å². The first-order valence-electron chi connectivity index (χ1n) is 5.22. The summed E-state index contributed by atoms with van der Waals surface area (Å²) in [6.45, 7) is 5.55. The third kappa shape index (κ3) is 3.09. The summed E-state index contributed by atoms with van der Waals surface area (Å²) in [4.78, 5) is 0. The van der Waals surface area contributed by atoms with Crippen LogP contribution >= 0.6 is 0 Å². The lowest BCUT2D eigenvalue weighted by molar-refractivity contribution is -0.192. The predicted octanol–water partition coefficient (Wildman–Crippen LogP) is 0.734. The highest BCUT2D eigenvalue weighted by atomic mass is 19.3. The zero-order valence-electron chi connectivity index (χ0n) is 9.53. The fourth-order valence-corrected chi connectivity index (χ4v) is 1.52. The molecule has 1 aliphatic heterocycles. The normalized spacial score (nSPS) is 31.6. The van der Waals surface area contributed by atoms with Crippen molar-refractivity contribution in [2.75, 3.05) is 19.6 Å². The fraction of sp³-hybridized carbons (Fsp3) is 1.00. The minimum atomic E-state index is -3.07. The SMILES string of the molecule is CC(C)(C)NCC1(O)CCNCC1(F)F. The molecule has 1 rings (SSSR count). The molecule has 0 aliphatic carbocycles. The zero-order valence-corrected chi connectivity index (χ0v) is 9.53. The molecule has 0 saturated carbocycles. The first-order valence-corrected chi connectivity index (χ1v) is 5.22. The van der Waals surface area contributed by atoms with Gasteiger partial charge >= 0.3 is 0 Å². The van der Waals surface area contributed by atoms with Crippen LogP contribution in [0.5, 0.6) is 0 Å². The Morgan fingerprint density at radius 3 is 2.47 bits per heavy atom. The molecule has 5 heteroatoms. The van der Waals surface area contributed by atoms with Crippen molar-refractivity contribution >= 4 is 0 Å². The zero-order chi connectivity index (χ0) is 11.7. The maximum atomic E-state index is 13.5. The number of nitrogens with one attached hydrogen (secondary N) is 2. The van der Waals surface area contributed by atoms with Crippen LogP contribution in [0, 0.1) is 0 Å². The van der Waals surface area contributed by atoms with Crippen LogP contribution in [0.1, 0.15) is 27.2 Å². The third-order valence-electron chi connectivity index (χ3n) is 2.65. The first-order chi connectivity index (χ1) is 6.66. The van der Waals surface area contributed by atoms with E-state index in [-0.39, 0.29) is 18.5 Å². The van der Waals surface area contributed by atoms with Crippen LogP contribution in [0.25, 0.3) is 0 Å². The van der Waals surface area contributed by atoms with Gasteiger partial charge in [-0.3, -0.25) is 0 Å². The van der Waals surface area contributed by atoms with E-state index < -0.39 is 18.1 Å². The number of halogens is 2. The second-order valence-corrected chi connectivity index (χ2v) is 5.27. The molecule has 0 radical (unpaired) electrons. The Bertz CT molecular complexity index is 228. The van der Waals surface area contributed by atoms with Crippen molar-refractivity contribution < 1.29 is 13.9 Å². The number of aliphatic hydroxyl groups is 1. The van der Waals surface area contributed by atoms with Gasteiger partial charge in [-0.15, -0.1) is 0 Å². The van der Waals surface area contributed by atoms with Crippen LogP contribution < -0.4 is 10.6 Å². The van der Waals surface area contributed by atoms with Crippen LogP contribution in [0.4, 0.5) is 8.78 Å². The molecule has 0 bridgehead atoms. The molecule has 0 aromatic rings. The van der Waals surface area contributed by atoms with E-state index in [2.05, 4.69) is 10.6 Å². The fourth-order valence-electron chi connectivity index (χ4n) is 1.52. The first kappa shape index (κ1) is 12.8. The molecule has 1 unspecified atom stereocenters. The topological polar surface area (TPSA) is 44.3 Å². The molecule has 1 aliphatic rings. The van der Waals surface area contributed by atoms with Crippen molar-refractivity contribution in [3.8, 4) is 0 Å². The lowest BCUT2D eigenvalue weighted by Gasteiger charge is -2.41. The molecule has 1 saturated heterocycles. The summed E-state index contributed by atoms with van der Waals surface area (Å²) in [5.41, 5.74) is -2.19. The van der Waals surface area contributed by atoms with Gasteiger partial charge in [0.2, 0.25) is 0 Å². The van der Waals surface area contributed by atoms with E-state index in [4.69, 9.17) is 0 Å². The van der Waals surface area contributed by atoms with Crippen LogP contribution in [0.2, 0.25) is 0 Å². The highest BCUT2D eigenvalue weighted by Crippen LogP contribution is 2.33. The smallest absolute Gasteiger partial charge is 0.289 e. The summed E-state index contributed by atoms with van der Waals surface area (Å²) in [5.74, 6) is -3.07. The molecule has 1 heterocycles. The van der Waals surface area contributed by atoms with E-state index in [1.807, 2.05) is 20.8 Å². The Morgan fingerprint density at radius 1 is 1.40 bits per heavy atom. The molecular formula is C10H20F2N2O. The van der Waals surface area contributed by atoms with Gasteiger partial charge in [0.05, 0.1) is 6.54 Å². The van der Waals surface area contributed by atoms with E-state index in [1.54, 1.807) is 0 Å². The van der Waals surface area contributed by atoms with Gasteiger partial charge in [-0.05, 0) is 33.7 Å². The second-order valence-electron chi connectivity index (χ2n) is 5.27. The summed E-state index contributed by atoms with van der Waals surface area (Å²) in [5, 5.41) is 15.4. The predicted molar refractivity (Wildman–Crippen MR) is 55.1 cm³/mol. The molecule has 0 aromatic heterocycles. The van der Waals surface area contributed by atoms with Crippen LogP contribution in [-0.2, 0) is 0 Å². The molecule has 0 aromatic carbocycles. The highest BCUT2D eigenvalue weighted by Gasteiger charge is 2.53. The standard InChI is InChI=1S/C10H20F2N2O/c1-8(2,3)14-6-9(15)4-5-13-7-10(9,11)12/h13-15H,4-7H2,1-3H3. The molecule has 90 valence electrons. The number of hydrogen-bond donors (Lipinski definition) is 3. The van der Waals surface area contributed by atoms with Gasteiger partial charge < -0.3 is 15.7 Å². The molecule has 15 heavy (non-hydrogen) atoms. The average molecular weight is 222 g/mol. The maximum Gasteiger partial charge on any atom is 0.289 e. The van der Waals surface area contributed by atoms with Crippen molar-refractivity contribution in [3.63, 3.8) is 0 Å². The lowest BCUT2D eigenvalue weighted by atomic mass is 9.87. The van der Waals surface area contributed by atoms with E-state index >= 15 is 0 Å². The molecule has 3 nitrogen and oxygen atoms in total. The van der Waals surface area contributed by atoms with Crippen molar-refractivity contribution in [1.29, 1.82) is 0 Å². The number of hydrogen-bond acceptors (Lipinski definition) is 3. The van der Waals surface area contributed by atoms with Crippen molar-refractivity contribution in [3.05, 3.63) is 0 Å². The summed E-state index contributed by atoms with van der Waals surface area (Å²) in [6.07, 6.45) is 0.0725. The monoisotopic (exact) mass is 222 g/mol. The van der Waals surface area contributed by atoms with Crippen molar-refractivity contribution in [1.82, 2.24) is 10.6 Å². The molecular weight excluding hydrogens is 202 g/mol. The Kier molecular flexibility index (Phi) is 3.38. The van der Waals surface area contributed by atoms with E-state index in [0.717, 1.165) is 0 Å². The van der Waals surface area contributed by atoms with Gasteiger partial charge in [0.15, 0.2) is 0 Å². The maximum absolute atomic E-state index is 13.5. The minimum Gasteiger partial charge on any atom is -0.382 e. The average Bonchev–Trinajstić information content (AvgIpc) is 2.06. The van der Waals surface area contributed by atoms with Crippen LogP contribution in [0.3, 0.4) is 0 Å². The quantitative estimate of drug-likeness (QED) is 0.645. The minimum absolute atomic E-state index is 0.0725. The number of rotatable bonds is 2. The van der Waals surface area contributed by atoms with Gasteiger partial charge in [-0.25, -0.2) is 8.78 Å². The Hall–Kier alpha value is -0.260. The Labute approximate surface area is 89.2 Å². The van der Waals surface area contributed by atoms with E-state index in [1.165, 1.54) is 0 Å². The molecule has 0 amide bonds. The van der Waals surface area contributed by atoms with Crippen molar-refractivity contribution in [2.45, 2.75) is 44.3 Å². The summed E-state index contributed by atoms with van der Waals surface area (Å²) in [7, 11) is 0. The molecule has 1 fully saturated rings. The van der Waals surface area contributed by atoms with Gasteiger partial charge in [0.1, 0.15) is 5.60 Å². The third-order valence-corrected chi connectivity index (χ3v) is 2.65. The molecule has 0 spiro atoms. The second kappa shape index (κ2) is 3.96. The number of piperidine rings is 1. The highest BCUT2D eigenvalue weighted by molar-refractivity contribution is 5.00. The van der Waals surface area contributed by atoms with Gasteiger partial charge in [-0.1, -0.05) is 0 Å². The summed E-state index contributed by atoms with van der Waals surface area (Å²) < 4.78 is 27.0. The number of alkyl halides is 2. The Balaban J connectivity index is 2.63. The Morgan fingerprint density at radius 2 is 2.00 bits per heavy atom. The van der Waals surface area contributed by atoms with Crippen LogP contribution in [0.15, 0.2) is 0 Å². The van der Waals surface area contributed by atoms with E-state index in [0.29, 0.717) is 6.54 Å². The lowest BCUT2D eigenvalue weighted by Crippen LogP contribution is -2.64. The summed E-state index contributed by atoms with van der Waals surface area (Å²) >= 11 is 0. The van der Waals surface area contributed by atoms with E-state index in [9.17, 15) is 13.9 Å². The summed E-state index contributed by atoms with van der Waals surface area (Å²) in [6, 6.07) is 0. The largest absolute Gasteiger partial charge is 0.382 e. The number of β-amino-alcohol motifs (C(OH)–C–C–N with tert-alkyl or cyclic N) is 1. The van der Waals surface area contributed by atoms with Crippen LogP contribution in [-0.4, -0.2) is 41.8 Å². The van der Waals surface area contributed by atoms with Gasteiger partial charge in [0, 0.05) is 12.1 Å².